The molecule has 110 valence electrons. The van der Waals surface area contributed by atoms with Crippen LogP contribution in [-0.2, 0) is 6.54 Å². The van der Waals surface area contributed by atoms with Crippen LogP contribution in [0.4, 0.5) is 0 Å². The summed E-state index contributed by atoms with van der Waals surface area (Å²) in [6, 6.07) is 0. The van der Waals surface area contributed by atoms with E-state index in [4.69, 9.17) is 5.11 Å². The molecule has 0 radical (unpaired) electrons. The first-order valence-corrected chi connectivity index (χ1v) is 7.65. The number of aryl methyl sites for hydroxylation is 3. The predicted molar refractivity (Wildman–Crippen MR) is 85.2 cm³/mol. The third-order valence-corrected chi connectivity index (χ3v) is 5.10. The number of aliphatic hydroxyl groups is 1. The van der Waals surface area contributed by atoms with Gasteiger partial charge in [-0.2, -0.15) is 0 Å². The first-order valence-electron chi connectivity index (χ1n) is 6.84. The molecule has 0 aliphatic carbocycles. The van der Waals surface area contributed by atoms with Gasteiger partial charge >= 0.3 is 0 Å². The fourth-order valence-electron chi connectivity index (χ4n) is 2.63. The van der Waals surface area contributed by atoms with Gasteiger partial charge in [0, 0.05) is 11.1 Å². The Labute approximate surface area is 125 Å². The lowest BCUT2D eigenvalue weighted by molar-refractivity contribution is 0.272. The molecule has 0 saturated carbocycles. The van der Waals surface area contributed by atoms with Crippen LogP contribution in [0.25, 0.3) is 20.4 Å². The van der Waals surface area contributed by atoms with Crippen LogP contribution in [0.3, 0.4) is 0 Å². The summed E-state index contributed by atoms with van der Waals surface area (Å²) in [7, 11) is 0. The van der Waals surface area contributed by atoms with Crippen LogP contribution in [0.2, 0.25) is 0 Å². The molecule has 0 bridgehead atoms. The van der Waals surface area contributed by atoms with E-state index in [1.165, 1.54) is 15.9 Å². The standard InChI is InChI=1S/C15H17N3O2S/c1-7-8(2)11-12-13(21-14(11)16-9(7)3)15(20)18(5-6-19)10(4)17-12/h19H,5-6H2,1-4H3. The second-order valence-electron chi connectivity index (χ2n) is 5.25. The topological polar surface area (TPSA) is 68.0 Å². The van der Waals surface area contributed by atoms with E-state index >= 15 is 0 Å². The Morgan fingerprint density at radius 2 is 1.86 bits per heavy atom. The normalized spacial score (nSPS) is 11.7. The van der Waals surface area contributed by atoms with E-state index in [2.05, 4.69) is 16.9 Å². The fraction of sp³-hybridized carbons (Fsp3) is 0.400. The molecule has 0 saturated heterocycles. The zero-order valence-electron chi connectivity index (χ0n) is 12.5. The molecule has 1 N–H and O–H groups in total. The maximum absolute atomic E-state index is 12.6. The molecule has 3 aromatic heterocycles. The number of rotatable bonds is 2. The molecule has 0 atom stereocenters. The van der Waals surface area contributed by atoms with Gasteiger partial charge in [-0.25, -0.2) is 9.97 Å². The van der Waals surface area contributed by atoms with Crippen LogP contribution in [0.5, 0.6) is 0 Å². The lowest BCUT2D eigenvalue weighted by Gasteiger charge is -2.08. The molecule has 0 spiro atoms. The average molecular weight is 303 g/mol. The molecule has 0 unspecified atom stereocenters. The van der Waals surface area contributed by atoms with Crippen LogP contribution >= 0.6 is 11.3 Å². The van der Waals surface area contributed by atoms with E-state index < -0.39 is 0 Å². The second kappa shape index (κ2) is 4.89. The molecule has 3 aromatic rings. The van der Waals surface area contributed by atoms with Gasteiger partial charge in [-0.05, 0) is 38.8 Å². The van der Waals surface area contributed by atoms with Crippen LogP contribution in [0, 0.1) is 27.7 Å². The number of aromatic nitrogens is 3. The molecule has 0 fully saturated rings. The number of thiophene rings is 1. The van der Waals surface area contributed by atoms with Gasteiger partial charge in [0.05, 0.1) is 18.7 Å². The molecule has 5 nitrogen and oxygen atoms in total. The van der Waals surface area contributed by atoms with E-state index in [-0.39, 0.29) is 18.7 Å². The summed E-state index contributed by atoms with van der Waals surface area (Å²) in [5, 5.41) is 10.1. The smallest absolute Gasteiger partial charge is 0.271 e. The van der Waals surface area contributed by atoms with Crippen LogP contribution in [0.1, 0.15) is 22.6 Å². The van der Waals surface area contributed by atoms with Crippen molar-refractivity contribution in [2.24, 2.45) is 0 Å². The Bertz CT molecular complexity index is 924. The van der Waals surface area contributed by atoms with Gasteiger partial charge in [0.2, 0.25) is 0 Å². The third kappa shape index (κ3) is 1.98. The van der Waals surface area contributed by atoms with Gasteiger partial charge in [-0.1, -0.05) is 0 Å². The zero-order chi connectivity index (χ0) is 15.3. The van der Waals surface area contributed by atoms with Crippen LogP contribution < -0.4 is 5.56 Å². The Morgan fingerprint density at radius 3 is 2.52 bits per heavy atom. The number of fused-ring (bicyclic) bond motifs is 3. The predicted octanol–water partition coefficient (Wildman–Crippen LogP) is 2.23. The van der Waals surface area contributed by atoms with E-state index in [0.717, 1.165) is 32.6 Å². The van der Waals surface area contributed by atoms with Gasteiger partial charge in [-0.3, -0.25) is 9.36 Å². The van der Waals surface area contributed by atoms with Crippen molar-refractivity contribution in [1.29, 1.82) is 0 Å². The lowest BCUT2D eigenvalue weighted by Crippen LogP contribution is -2.24. The summed E-state index contributed by atoms with van der Waals surface area (Å²) in [5.74, 6) is 0.624. The molecular weight excluding hydrogens is 286 g/mol. The minimum Gasteiger partial charge on any atom is -0.395 e. The number of nitrogens with zero attached hydrogens (tertiary/aromatic N) is 3. The summed E-state index contributed by atoms with van der Waals surface area (Å²) in [4.78, 5) is 22.6. The van der Waals surface area contributed by atoms with Gasteiger partial charge in [0.1, 0.15) is 15.4 Å². The molecule has 3 rings (SSSR count). The molecule has 21 heavy (non-hydrogen) atoms. The fourth-order valence-corrected chi connectivity index (χ4v) is 3.80. The maximum atomic E-state index is 12.6. The molecule has 0 aliphatic heterocycles. The Kier molecular flexibility index (Phi) is 3.30. The van der Waals surface area contributed by atoms with Crippen molar-refractivity contribution >= 4 is 31.8 Å². The highest BCUT2D eigenvalue weighted by Crippen LogP contribution is 2.33. The van der Waals surface area contributed by atoms with Crippen molar-refractivity contribution < 1.29 is 5.11 Å². The zero-order valence-corrected chi connectivity index (χ0v) is 13.3. The molecule has 0 amide bonds. The highest BCUT2D eigenvalue weighted by atomic mass is 32.1. The first-order chi connectivity index (χ1) is 9.95. The minimum absolute atomic E-state index is 0.0751. The Hall–Kier alpha value is -1.79. The summed E-state index contributed by atoms with van der Waals surface area (Å²) in [6.45, 7) is 8.06. The molecule has 6 heteroatoms. The van der Waals surface area contributed by atoms with E-state index in [0.29, 0.717) is 10.5 Å². The average Bonchev–Trinajstić information content (AvgIpc) is 2.79. The molecule has 0 aromatic carbocycles. The quantitative estimate of drug-likeness (QED) is 0.788. The van der Waals surface area contributed by atoms with Crippen molar-refractivity contribution in [2.75, 3.05) is 6.61 Å². The Balaban J connectivity index is 2.51. The highest BCUT2D eigenvalue weighted by molar-refractivity contribution is 7.25. The van der Waals surface area contributed by atoms with Gasteiger partial charge in [0.15, 0.2) is 0 Å². The maximum Gasteiger partial charge on any atom is 0.271 e. The number of aliphatic hydroxyl groups excluding tert-OH is 1. The van der Waals surface area contributed by atoms with E-state index in [1.807, 2.05) is 13.8 Å². The van der Waals surface area contributed by atoms with Crippen LogP contribution in [0.15, 0.2) is 4.79 Å². The second-order valence-corrected chi connectivity index (χ2v) is 6.25. The number of hydrogen-bond acceptors (Lipinski definition) is 5. The summed E-state index contributed by atoms with van der Waals surface area (Å²) in [5.41, 5.74) is 3.90. The van der Waals surface area contributed by atoms with Gasteiger partial charge < -0.3 is 5.11 Å². The summed E-state index contributed by atoms with van der Waals surface area (Å²) >= 11 is 1.39. The first kappa shape index (κ1) is 14.2. The number of pyridine rings is 1. The molecule has 0 aliphatic rings. The molecular formula is C15H17N3O2S. The molecule has 3 heterocycles. The van der Waals surface area contributed by atoms with Crippen LogP contribution in [-0.4, -0.2) is 26.2 Å². The van der Waals surface area contributed by atoms with Gasteiger partial charge in [-0.15, -0.1) is 11.3 Å². The van der Waals surface area contributed by atoms with E-state index in [1.54, 1.807) is 6.92 Å². The van der Waals surface area contributed by atoms with Gasteiger partial charge in [0.25, 0.3) is 5.56 Å². The van der Waals surface area contributed by atoms with Crippen molar-refractivity contribution in [3.05, 3.63) is 33.0 Å². The van der Waals surface area contributed by atoms with Crippen molar-refractivity contribution in [2.45, 2.75) is 34.2 Å². The Morgan fingerprint density at radius 1 is 1.14 bits per heavy atom. The van der Waals surface area contributed by atoms with Crippen molar-refractivity contribution in [3.63, 3.8) is 0 Å². The van der Waals surface area contributed by atoms with Crippen molar-refractivity contribution in [3.8, 4) is 0 Å². The third-order valence-electron chi connectivity index (χ3n) is 4.04. The number of hydrogen-bond donors (Lipinski definition) is 1. The van der Waals surface area contributed by atoms with E-state index in [9.17, 15) is 4.79 Å². The largest absolute Gasteiger partial charge is 0.395 e. The monoisotopic (exact) mass is 303 g/mol. The summed E-state index contributed by atoms with van der Waals surface area (Å²) < 4.78 is 2.14. The SMILES string of the molecule is Cc1nc2sc3c(=O)n(CCO)c(C)nc3c2c(C)c1C. The summed E-state index contributed by atoms with van der Waals surface area (Å²) in [6.07, 6.45) is 0. The minimum atomic E-state index is -0.0933. The lowest BCUT2D eigenvalue weighted by atomic mass is 10.1. The highest BCUT2D eigenvalue weighted by Gasteiger charge is 2.17. The van der Waals surface area contributed by atoms with Crippen molar-refractivity contribution in [1.82, 2.24) is 14.5 Å².